The number of aldehydes is 1. The zero-order valence-corrected chi connectivity index (χ0v) is 17.9. The Balaban J connectivity index is 2.68. The molecule has 7 heteroatoms. The van der Waals surface area contributed by atoms with Crippen molar-refractivity contribution in [1.29, 1.82) is 0 Å². The van der Waals surface area contributed by atoms with E-state index in [-0.39, 0.29) is 6.29 Å². The van der Waals surface area contributed by atoms with E-state index in [2.05, 4.69) is 0 Å². The number of hydrogen-bond acceptors (Lipinski definition) is 6. The van der Waals surface area contributed by atoms with Crippen LogP contribution in [0.25, 0.3) is 0 Å². The summed E-state index contributed by atoms with van der Waals surface area (Å²) in [5, 5.41) is 53.6. The third-order valence-electron chi connectivity index (χ3n) is 5.60. The summed E-state index contributed by atoms with van der Waals surface area (Å²) >= 11 is 0. The second kappa shape index (κ2) is 9.29. The monoisotopic (exact) mass is 418 g/mol. The smallest absolute Gasteiger partial charge is 0.157 e. The Morgan fingerprint density at radius 2 is 1.14 bits per heavy atom. The summed E-state index contributed by atoms with van der Waals surface area (Å²) in [6.45, 7) is 5.91. The van der Waals surface area contributed by atoms with Crippen molar-refractivity contribution in [3.8, 4) is 0 Å². The highest BCUT2D eigenvalue weighted by molar-refractivity contribution is 7.05. The Bertz CT molecular complexity index is 737. The molecule has 5 N–H and O–H groups in total. The van der Waals surface area contributed by atoms with Crippen molar-refractivity contribution in [2.24, 2.45) is 0 Å². The van der Waals surface area contributed by atoms with Gasteiger partial charge in [-0.1, -0.05) is 91.8 Å². The van der Waals surface area contributed by atoms with Gasteiger partial charge >= 0.3 is 0 Å². The van der Waals surface area contributed by atoms with Gasteiger partial charge in [0.2, 0.25) is 0 Å². The van der Waals surface area contributed by atoms with Crippen LogP contribution < -0.4 is 10.4 Å². The second-order valence-electron chi connectivity index (χ2n) is 8.33. The van der Waals surface area contributed by atoms with Gasteiger partial charge < -0.3 is 30.3 Å². The molecule has 6 nitrogen and oxygen atoms in total. The molecule has 158 valence electrons. The number of hydrogen-bond donors (Lipinski definition) is 5. The lowest BCUT2D eigenvalue weighted by atomic mass is 10.0. The van der Waals surface area contributed by atoms with E-state index in [1.54, 1.807) is 0 Å². The maximum absolute atomic E-state index is 11.5. The van der Waals surface area contributed by atoms with E-state index >= 15 is 0 Å². The maximum Gasteiger partial charge on any atom is 0.157 e. The van der Waals surface area contributed by atoms with Crippen molar-refractivity contribution >= 4 is 24.7 Å². The van der Waals surface area contributed by atoms with Crippen molar-refractivity contribution in [3.05, 3.63) is 60.7 Å². The first-order chi connectivity index (χ1) is 13.6. The minimum Gasteiger partial charge on any atom is -0.393 e. The van der Waals surface area contributed by atoms with E-state index in [1.165, 1.54) is 0 Å². The second-order valence-corrected chi connectivity index (χ2v) is 13.2. The minimum atomic E-state index is -3.20. The molecule has 2 aromatic carbocycles. The molecule has 0 bridgehead atoms. The first kappa shape index (κ1) is 23.4. The summed E-state index contributed by atoms with van der Waals surface area (Å²) in [5.41, 5.74) is -1.43. The van der Waals surface area contributed by atoms with Crippen molar-refractivity contribution in [1.82, 2.24) is 0 Å². The molecule has 0 aliphatic heterocycles. The molecule has 0 saturated carbocycles. The van der Waals surface area contributed by atoms with E-state index in [9.17, 15) is 30.3 Å². The van der Waals surface area contributed by atoms with Crippen LogP contribution in [-0.4, -0.2) is 70.0 Å². The van der Waals surface area contributed by atoms with Gasteiger partial charge in [-0.3, -0.25) is 0 Å². The summed E-state index contributed by atoms with van der Waals surface area (Å²) in [4.78, 5) is 10.8. The summed E-state index contributed by atoms with van der Waals surface area (Å²) < 4.78 is 0. The molecule has 0 radical (unpaired) electrons. The molecular formula is C22H30O6Si. The molecule has 1 unspecified atom stereocenters. The Hall–Kier alpha value is -1.87. The van der Waals surface area contributed by atoms with Gasteiger partial charge in [0, 0.05) is 0 Å². The maximum atomic E-state index is 11.5. The van der Waals surface area contributed by atoms with Gasteiger partial charge in [0.25, 0.3) is 0 Å². The lowest BCUT2D eigenvalue weighted by molar-refractivity contribution is -0.139. The quantitative estimate of drug-likeness (QED) is 0.294. The molecule has 0 spiro atoms. The average Bonchev–Trinajstić information content (AvgIpc) is 2.72. The predicted octanol–water partition coefficient (Wildman–Crippen LogP) is -0.408. The number of rotatable bonds is 8. The third-order valence-corrected chi connectivity index (χ3v) is 11.7. The van der Waals surface area contributed by atoms with E-state index in [0.29, 0.717) is 0 Å². The fourth-order valence-corrected chi connectivity index (χ4v) is 9.93. The molecule has 2 aromatic rings. The molecule has 0 saturated heterocycles. The van der Waals surface area contributed by atoms with Gasteiger partial charge in [-0.15, -0.1) is 0 Å². The van der Waals surface area contributed by atoms with Crippen LogP contribution in [0.3, 0.4) is 0 Å². The van der Waals surface area contributed by atoms with Crippen LogP contribution in [0.15, 0.2) is 60.7 Å². The molecule has 29 heavy (non-hydrogen) atoms. The van der Waals surface area contributed by atoms with Crippen LogP contribution in [0.4, 0.5) is 0 Å². The van der Waals surface area contributed by atoms with Crippen molar-refractivity contribution in [2.75, 3.05) is 0 Å². The lowest BCUT2D eigenvalue weighted by Gasteiger charge is -2.49. The van der Waals surface area contributed by atoms with E-state index in [1.807, 2.05) is 81.4 Å². The summed E-state index contributed by atoms with van der Waals surface area (Å²) in [6.07, 6.45) is -7.41. The standard InChI is InChI=1S/C22H30O6Si/c1-22(2,3)29(15-10-6-4-7-11-15,16-12-8-5-9-13-16)21(28)20(27)19(26)18(25)17(24)14-23/h4-14,17-21,24-28H,1-3H3/t17-,18+,19+,20-,21?/m0/s1. The van der Waals surface area contributed by atoms with E-state index < -0.39 is 43.3 Å². The Morgan fingerprint density at radius 1 is 0.724 bits per heavy atom. The molecule has 0 fully saturated rings. The number of aliphatic hydroxyl groups excluding tert-OH is 5. The minimum absolute atomic E-state index is 0.0792. The zero-order chi connectivity index (χ0) is 21.8. The Morgan fingerprint density at radius 3 is 1.48 bits per heavy atom. The number of carbonyl (C=O) groups is 1. The fourth-order valence-electron chi connectivity index (χ4n) is 4.15. The largest absolute Gasteiger partial charge is 0.393 e. The molecule has 0 aliphatic carbocycles. The van der Waals surface area contributed by atoms with Crippen molar-refractivity contribution in [2.45, 2.75) is 56.0 Å². The molecule has 0 aromatic heterocycles. The van der Waals surface area contributed by atoms with Gasteiger partial charge in [-0.2, -0.15) is 0 Å². The van der Waals surface area contributed by atoms with Crippen LogP contribution in [-0.2, 0) is 4.79 Å². The van der Waals surface area contributed by atoms with Gasteiger partial charge in [0.1, 0.15) is 24.4 Å². The van der Waals surface area contributed by atoms with E-state index in [4.69, 9.17) is 0 Å². The van der Waals surface area contributed by atoms with Crippen molar-refractivity contribution in [3.63, 3.8) is 0 Å². The first-order valence-electron chi connectivity index (χ1n) is 9.55. The molecule has 0 amide bonds. The third kappa shape index (κ3) is 4.35. The molecule has 0 aliphatic rings. The molecular weight excluding hydrogens is 388 g/mol. The SMILES string of the molecule is CC(C)(C)[Si](c1ccccc1)(c1ccccc1)C(O)[C@@H](O)[C@H](O)[C@H](O)[C@@H](O)C=O. The lowest BCUT2D eigenvalue weighted by Crippen LogP contribution is -2.75. The van der Waals surface area contributed by atoms with Gasteiger partial charge in [-0.25, -0.2) is 0 Å². The van der Waals surface area contributed by atoms with Crippen LogP contribution >= 0.6 is 0 Å². The van der Waals surface area contributed by atoms with Crippen LogP contribution in [0.1, 0.15) is 20.8 Å². The highest BCUT2D eigenvalue weighted by Crippen LogP contribution is 2.39. The van der Waals surface area contributed by atoms with Gasteiger partial charge in [0.05, 0.1) is 5.73 Å². The van der Waals surface area contributed by atoms with Crippen molar-refractivity contribution < 1.29 is 30.3 Å². The molecule has 5 atom stereocenters. The fraction of sp³-hybridized carbons (Fsp3) is 0.409. The molecule has 2 rings (SSSR count). The Kier molecular flexibility index (Phi) is 7.50. The highest BCUT2D eigenvalue weighted by Gasteiger charge is 2.56. The molecule has 0 heterocycles. The van der Waals surface area contributed by atoms with Crippen LogP contribution in [0, 0.1) is 0 Å². The van der Waals surface area contributed by atoms with Crippen LogP contribution in [0.2, 0.25) is 5.04 Å². The number of benzene rings is 2. The topological polar surface area (TPSA) is 118 Å². The first-order valence-corrected chi connectivity index (χ1v) is 11.6. The average molecular weight is 419 g/mol. The number of carbonyl (C=O) groups excluding carboxylic acids is 1. The Labute approximate surface area is 172 Å². The predicted molar refractivity (Wildman–Crippen MR) is 114 cm³/mol. The highest BCUT2D eigenvalue weighted by atomic mass is 28.3. The van der Waals surface area contributed by atoms with Gasteiger partial charge in [0.15, 0.2) is 14.4 Å². The number of aliphatic hydroxyl groups is 5. The zero-order valence-electron chi connectivity index (χ0n) is 16.9. The summed E-state index contributed by atoms with van der Waals surface area (Å²) in [6, 6.07) is 18.7. The van der Waals surface area contributed by atoms with Crippen LogP contribution in [0.5, 0.6) is 0 Å². The normalized spacial score (nSPS) is 17.8. The van der Waals surface area contributed by atoms with E-state index in [0.717, 1.165) is 10.4 Å². The summed E-state index contributed by atoms with van der Waals surface area (Å²) in [7, 11) is -3.20. The summed E-state index contributed by atoms with van der Waals surface area (Å²) in [5.74, 6) is 0. The van der Waals surface area contributed by atoms with Gasteiger partial charge in [-0.05, 0) is 5.04 Å².